The zero-order valence-electron chi connectivity index (χ0n) is 10.4. The van der Waals surface area contributed by atoms with Gasteiger partial charge < -0.3 is 9.64 Å². The fourth-order valence-corrected chi connectivity index (χ4v) is 2.82. The van der Waals surface area contributed by atoms with Gasteiger partial charge in [-0.2, -0.15) is 0 Å². The summed E-state index contributed by atoms with van der Waals surface area (Å²) >= 11 is 9.44. The largest absolute Gasteiger partial charge is 0.489 e. The minimum absolute atomic E-state index is 0.207. The van der Waals surface area contributed by atoms with Crippen molar-refractivity contribution in [2.24, 2.45) is 0 Å². The molecule has 0 radical (unpaired) electrons. The first-order chi connectivity index (χ1) is 9.15. The third-order valence-corrected chi connectivity index (χ3v) is 4.17. The monoisotopic (exact) mass is 337 g/mol. The Hall–Kier alpha value is -1.19. The fraction of sp³-hybridized carbons (Fsp3) is 0.200. The molecular weight excluding hydrogens is 326 g/mol. The van der Waals surface area contributed by atoms with Crippen LogP contribution in [0.5, 0.6) is 5.75 Å². The number of nitrogens with zero attached hydrogens (tertiary/aromatic N) is 1. The van der Waals surface area contributed by atoms with Crippen molar-refractivity contribution in [3.63, 3.8) is 0 Å². The van der Waals surface area contributed by atoms with E-state index in [-0.39, 0.29) is 6.04 Å². The SMILES string of the molecule is CN1c2cc(Br)ccc2OCC1c1ccc(Cl)cc1. The van der Waals surface area contributed by atoms with E-state index < -0.39 is 0 Å². The highest BCUT2D eigenvalue weighted by Gasteiger charge is 2.26. The molecule has 0 N–H and O–H groups in total. The first kappa shape index (κ1) is 12.8. The van der Waals surface area contributed by atoms with Gasteiger partial charge in [-0.15, -0.1) is 0 Å². The maximum Gasteiger partial charge on any atom is 0.142 e. The lowest BCUT2D eigenvalue weighted by Crippen LogP contribution is -2.33. The summed E-state index contributed by atoms with van der Waals surface area (Å²) in [6.07, 6.45) is 0. The molecule has 0 amide bonds. The molecule has 0 saturated carbocycles. The zero-order chi connectivity index (χ0) is 13.4. The van der Waals surface area contributed by atoms with Gasteiger partial charge in [0.25, 0.3) is 0 Å². The fourth-order valence-electron chi connectivity index (χ4n) is 2.34. The van der Waals surface area contributed by atoms with E-state index in [0.29, 0.717) is 6.61 Å². The molecular formula is C15H13BrClNO. The lowest BCUT2D eigenvalue weighted by Gasteiger charge is -2.36. The van der Waals surface area contributed by atoms with E-state index in [1.807, 2.05) is 24.3 Å². The summed E-state index contributed by atoms with van der Waals surface area (Å²) in [6, 6.07) is 14.2. The van der Waals surface area contributed by atoms with Crippen LogP contribution in [0.4, 0.5) is 5.69 Å². The quantitative estimate of drug-likeness (QED) is 0.749. The molecule has 1 unspecified atom stereocenters. The summed E-state index contributed by atoms with van der Waals surface area (Å²) in [6.45, 7) is 0.646. The van der Waals surface area contributed by atoms with Crippen molar-refractivity contribution < 1.29 is 4.74 Å². The number of anilines is 1. The van der Waals surface area contributed by atoms with Crippen LogP contribution in [0.25, 0.3) is 0 Å². The number of hydrogen-bond donors (Lipinski definition) is 0. The average molecular weight is 339 g/mol. The van der Waals surface area contributed by atoms with E-state index in [4.69, 9.17) is 16.3 Å². The van der Waals surface area contributed by atoms with Crippen molar-refractivity contribution in [3.8, 4) is 5.75 Å². The molecule has 0 bridgehead atoms. The molecule has 0 aliphatic carbocycles. The maximum absolute atomic E-state index is 5.94. The van der Waals surface area contributed by atoms with E-state index in [1.54, 1.807) is 0 Å². The van der Waals surface area contributed by atoms with Crippen molar-refractivity contribution >= 4 is 33.2 Å². The Kier molecular flexibility index (Phi) is 3.42. The topological polar surface area (TPSA) is 12.5 Å². The summed E-state index contributed by atoms with van der Waals surface area (Å²) in [5, 5.41) is 0.756. The Balaban J connectivity index is 1.96. The van der Waals surface area contributed by atoms with Crippen LogP contribution in [0.15, 0.2) is 46.9 Å². The number of benzene rings is 2. The second-order valence-corrected chi connectivity index (χ2v) is 5.95. The highest BCUT2D eigenvalue weighted by molar-refractivity contribution is 9.10. The molecule has 1 aliphatic rings. The number of rotatable bonds is 1. The van der Waals surface area contributed by atoms with E-state index in [1.165, 1.54) is 5.56 Å². The second-order valence-electron chi connectivity index (χ2n) is 4.60. The van der Waals surface area contributed by atoms with E-state index >= 15 is 0 Å². The van der Waals surface area contributed by atoms with Gasteiger partial charge in [-0.1, -0.05) is 39.7 Å². The van der Waals surface area contributed by atoms with Crippen LogP contribution in [-0.2, 0) is 0 Å². The summed E-state index contributed by atoms with van der Waals surface area (Å²) in [7, 11) is 2.09. The van der Waals surface area contributed by atoms with Crippen LogP contribution in [0.1, 0.15) is 11.6 Å². The average Bonchev–Trinajstić information content (AvgIpc) is 2.41. The maximum atomic E-state index is 5.94. The van der Waals surface area contributed by atoms with E-state index in [0.717, 1.165) is 20.9 Å². The number of fused-ring (bicyclic) bond motifs is 1. The molecule has 1 heterocycles. The first-order valence-corrected chi connectivity index (χ1v) is 7.23. The highest BCUT2D eigenvalue weighted by atomic mass is 79.9. The zero-order valence-corrected chi connectivity index (χ0v) is 12.8. The van der Waals surface area contributed by atoms with Crippen LogP contribution < -0.4 is 9.64 Å². The van der Waals surface area contributed by atoms with Crippen molar-refractivity contribution in [2.45, 2.75) is 6.04 Å². The van der Waals surface area contributed by atoms with E-state index in [9.17, 15) is 0 Å². The minimum Gasteiger partial charge on any atom is -0.489 e. The molecule has 2 nitrogen and oxygen atoms in total. The lowest BCUT2D eigenvalue weighted by atomic mass is 10.0. The molecule has 4 heteroatoms. The van der Waals surface area contributed by atoms with Crippen LogP contribution in [-0.4, -0.2) is 13.7 Å². The standard InChI is InChI=1S/C15H13BrClNO/c1-18-13-8-11(16)4-7-15(13)19-9-14(18)10-2-5-12(17)6-3-10/h2-8,14H,9H2,1H3. The van der Waals surface area contributed by atoms with Gasteiger partial charge in [0.1, 0.15) is 12.4 Å². The van der Waals surface area contributed by atoms with E-state index in [2.05, 4.69) is 46.1 Å². The lowest BCUT2D eigenvalue weighted by molar-refractivity contribution is 0.268. The molecule has 2 aromatic carbocycles. The Morgan fingerprint density at radius 3 is 2.68 bits per heavy atom. The highest BCUT2D eigenvalue weighted by Crippen LogP contribution is 2.39. The van der Waals surface area contributed by atoms with Gasteiger partial charge in [-0.25, -0.2) is 0 Å². The summed E-state index contributed by atoms with van der Waals surface area (Å²) < 4.78 is 6.90. The third kappa shape index (κ3) is 2.45. The first-order valence-electron chi connectivity index (χ1n) is 6.06. The Morgan fingerprint density at radius 2 is 1.95 bits per heavy atom. The summed E-state index contributed by atoms with van der Waals surface area (Å²) in [4.78, 5) is 2.24. The normalized spacial score (nSPS) is 17.8. The molecule has 0 saturated heterocycles. The van der Waals surface area contributed by atoms with Gasteiger partial charge in [0.2, 0.25) is 0 Å². The van der Waals surface area contributed by atoms with Gasteiger partial charge in [-0.3, -0.25) is 0 Å². The number of hydrogen-bond acceptors (Lipinski definition) is 2. The molecule has 1 atom stereocenters. The van der Waals surface area contributed by atoms with Crippen LogP contribution in [0, 0.1) is 0 Å². The molecule has 0 fully saturated rings. The van der Waals surface area contributed by atoms with Crippen molar-refractivity contribution in [2.75, 3.05) is 18.6 Å². The predicted molar refractivity (Wildman–Crippen MR) is 82.2 cm³/mol. The van der Waals surface area contributed by atoms with Crippen LogP contribution in [0.2, 0.25) is 5.02 Å². The van der Waals surface area contributed by atoms with Gasteiger partial charge >= 0.3 is 0 Å². The van der Waals surface area contributed by atoms with Crippen LogP contribution >= 0.6 is 27.5 Å². The molecule has 0 aromatic heterocycles. The van der Waals surface area contributed by atoms with Gasteiger partial charge in [0.15, 0.2) is 0 Å². The molecule has 0 spiro atoms. The molecule has 98 valence electrons. The second kappa shape index (κ2) is 5.06. The third-order valence-electron chi connectivity index (χ3n) is 3.42. The smallest absolute Gasteiger partial charge is 0.142 e. The molecule has 3 rings (SSSR count). The van der Waals surface area contributed by atoms with Gasteiger partial charge in [0, 0.05) is 16.5 Å². The molecule has 1 aliphatic heterocycles. The Labute approximate surface area is 126 Å². The van der Waals surface area contributed by atoms with Crippen molar-refractivity contribution in [1.29, 1.82) is 0 Å². The van der Waals surface area contributed by atoms with Gasteiger partial charge in [0.05, 0.1) is 11.7 Å². The summed E-state index contributed by atoms with van der Waals surface area (Å²) in [5.74, 6) is 0.927. The molecule has 2 aromatic rings. The minimum atomic E-state index is 0.207. The number of ether oxygens (including phenoxy) is 1. The summed E-state index contributed by atoms with van der Waals surface area (Å²) in [5.41, 5.74) is 2.30. The Bertz CT molecular complexity index is 600. The van der Waals surface area contributed by atoms with Crippen molar-refractivity contribution in [3.05, 3.63) is 57.5 Å². The number of likely N-dealkylation sites (N-methyl/N-ethyl adjacent to an activating group) is 1. The Morgan fingerprint density at radius 1 is 1.21 bits per heavy atom. The number of halogens is 2. The van der Waals surface area contributed by atoms with Crippen molar-refractivity contribution in [1.82, 2.24) is 0 Å². The molecule has 19 heavy (non-hydrogen) atoms. The predicted octanol–water partition coefficient (Wildman–Crippen LogP) is 4.67. The van der Waals surface area contributed by atoms with Gasteiger partial charge in [-0.05, 0) is 35.9 Å². The van der Waals surface area contributed by atoms with Crippen LogP contribution in [0.3, 0.4) is 0 Å².